The van der Waals surface area contributed by atoms with Crippen molar-refractivity contribution in [1.82, 2.24) is 4.72 Å². The minimum absolute atomic E-state index is 0.0851. The number of anilines is 1. The Kier molecular flexibility index (Phi) is 6.00. The summed E-state index contributed by atoms with van der Waals surface area (Å²) in [5.74, 6) is -0.597. The van der Waals surface area contributed by atoms with Crippen molar-refractivity contribution >= 4 is 39.1 Å². The molecule has 9 heteroatoms. The van der Waals surface area contributed by atoms with Crippen LogP contribution in [0.2, 0.25) is 5.02 Å². The molecule has 0 aliphatic heterocycles. The second kappa shape index (κ2) is 8.00. The summed E-state index contributed by atoms with van der Waals surface area (Å²) in [6.07, 6.45) is 0. The first-order chi connectivity index (χ1) is 11.8. The highest BCUT2D eigenvalue weighted by atomic mass is 35.5. The quantitative estimate of drug-likeness (QED) is 0.797. The Balaban J connectivity index is 1.93. The maximum atomic E-state index is 11.8. The Labute approximate surface area is 150 Å². The molecule has 0 fully saturated rings. The van der Waals surface area contributed by atoms with Gasteiger partial charge in [-0.1, -0.05) is 11.6 Å². The van der Waals surface area contributed by atoms with E-state index >= 15 is 0 Å². The van der Waals surface area contributed by atoms with E-state index in [4.69, 9.17) is 16.3 Å². The molecule has 0 heterocycles. The molecular formula is C16H15ClN2O5S. The number of sulfonamides is 1. The van der Waals surface area contributed by atoms with Crippen LogP contribution in [0.4, 0.5) is 5.69 Å². The number of hydrogen-bond acceptors (Lipinski definition) is 5. The summed E-state index contributed by atoms with van der Waals surface area (Å²) < 4.78 is 30.8. The first kappa shape index (κ1) is 18.8. The maximum Gasteiger partial charge on any atom is 0.264 e. The molecule has 0 saturated heterocycles. The van der Waals surface area contributed by atoms with Gasteiger partial charge in [0.2, 0.25) is 5.91 Å². The standard InChI is InChI=1S/C16H15ClN2O5S/c1-11(20)19-25(22,23)15-8-4-13(5-9-15)18-16(21)10-24-14-6-2-12(17)3-7-14/h2-9H,10H2,1H3,(H,18,21)(H,19,20). The molecule has 0 unspecified atom stereocenters. The van der Waals surface area contributed by atoms with Gasteiger partial charge < -0.3 is 10.1 Å². The molecule has 25 heavy (non-hydrogen) atoms. The molecule has 2 N–H and O–H groups in total. The van der Waals surface area contributed by atoms with Gasteiger partial charge in [-0.2, -0.15) is 0 Å². The number of carbonyl (C=O) groups excluding carboxylic acids is 2. The number of halogens is 1. The third kappa shape index (κ3) is 5.77. The van der Waals surface area contributed by atoms with Gasteiger partial charge >= 0.3 is 0 Å². The SMILES string of the molecule is CC(=O)NS(=O)(=O)c1ccc(NC(=O)COc2ccc(Cl)cc2)cc1. The van der Waals surface area contributed by atoms with Gasteiger partial charge in [-0.25, -0.2) is 13.1 Å². The van der Waals surface area contributed by atoms with Crippen molar-refractivity contribution in [3.05, 3.63) is 53.6 Å². The fraction of sp³-hybridized carbons (Fsp3) is 0.125. The van der Waals surface area contributed by atoms with Crippen LogP contribution in [0.25, 0.3) is 0 Å². The van der Waals surface area contributed by atoms with Gasteiger partial charge in [0, 0.05) is 17.6 Å². The molecule has 0 aromatic heterocycles. The van der Waals surface area contributed by atoms with Gasteiger partial charge in [0.1, 0.15) is 5.75 Å². The Hall–Kier alpha value is -2.58. The molecule has 0 aliphatic rings. The molecule has 0 aliphatic carbocycles. The number of nitrogens with one attached hydrogen (secondary N) is 2. The average Bonchev–Trinajstić information content (AvgIpc) is 2.54. The van der Waals surface area contributed by atoms with Gasteiger partial charge in [0.05, 0.1) is 4.90 Å². The Morgan fingerprint density at radius 2 is 1.64 bits per heavy atom. The van der Waals surface area contributed by atoms with E-state index in [1.54, 1.807) is 24.3 Å². The summed E-state index contributed by atoms with van der Waals surface area (Å²) in [5, 5.41) is 3.13. The lowest BCUT2D eigenvalue weighted by molar-refractivity contribution is -0.118. The van der Waals surface area contributed by atoms with E-state index in [9.17, 15) is 18.0 Å². The molecule has 7 nitrogen and oxygen atoms in total. The van der Waals surface area contributed by atoms with Crippen LogP contribution < -0.4 is 14.8 Å². The summed E-state index contributed by atoms with van der Waals surface area (Å²) in [7, 11) is -3.90. The Morgan fingerprint density at radius 3 is 2.20 bits per heavy atom. The summed E-state index contributed by atoms with van der Waals surface area (Å²) in [6.45, 7) is 0.889. The number of hydrogen-bond donors (Lipinski definition) is 2. The Bertz CT molecular complexity index is 864. The van der Waals surface area contributed by atoms with Gasteiger partial charge in [-0.15, -0.1) is 0 Å². The maximum absolute atomic E-state index is 11.8. The lowest BCUT2D eigenvalue weighted by Crippen LogP contribution is -2.28. The fourth-order valence-corrected chi connectivity index (χ4v) is 2.96. The molecule has 0 radical (unpaired) electrons. The molecule has 0 atom stereocenters. The molecule has 0 bridgehead atoms. The van der Waals surface area contributed by atoms with Gasteiger partial charge in [-0.05, 0) is 48.5 Å². The number of benzene rings is 2. The summed E-state index contributed by atoms with van der Waals surface area (Å²) >= 11 is 5.75. The molecule has 0 saturated carbocycles. The fourth-order valence-electron chi connectivity index (χ4n) is 1.84. The zero-order valence-electron chi connectivity index (χ0n) is 13.2. The molecule has 2 amide bonds. The first-order valence-electron chi connectivity index (χ1n) is 7.08. The van der Waals surface area contributed by atoms with Gasteiger partial charge in [0.25, 0.3) is 15.9 Å². The van der Waals surface area contributed by atoms with E-state index < -0.39 is 21.8 Å². The van der Waals surface area contributed by atoms with E-state index in [2.05, 4.69) is 5.32 Å². The highest BCUT2D eigenvalue weighted by molar-refractivity contribution is 7.90. The van der Waals surface area contributed by atoms with Crippen LogP contribution >= 0.6 is 11.6 Å². The third-order valence-corrected chi connectivity index (χ3v) is 4.61. The van der Waals surface area contributed by atoms with Crippen molar-refractivity contribution in [2.45, 2.75) is 11.8 Å². The van der Waals surface area contributed by atoms with E-state index in [0.717, 1.165) is 6.92 Å². The monoisotopic (exact) mass is 382 g/mol. The largest absolute Gasteiger partial charge is 0.484 e. The van der Waals surface area contributed by atoms with Crippen LogP contribution in [0.1, 0.15) is 6.92 Å². The summed E-state index contributed by atoms with van der Waals surface area (Å²) in [5.41, 5.74) is 0.395. The van der Waals surface area contributed by atoms with E-state index in [-0.39, 0.29) is 11.5 Å². The van der Waals surface area contributed by atoms with E-state index in [0.29, 0.717) is 16.5 Å². The third-order valence-electron chi connectivity index (χ3n) is 2.91. The van der Waals surface area contributed by atoms with E-state index in [1.165, 1.54) is 24.3 Å². The van der Waals surface area contributed by atoms with Crippen LogP contribution in [0.3, 0.4) is 0 Å². The van der Waals surface area contributed by atoms with Crippen LogP contribution in [0, 0.1) is 0 Å². The number of ether oxygens (including phenoxy) is 1. The van der Waals surface area contributed by atoms with Crippen LogP contribution in [0.5, 0.6) is 5.75 Å². The minimum atomic E-state index is -3.90. The molecule has 0 spiro atoms. The molecular weight excluding hydrogens is 368 g/mol. The van der Waals surface area contributed by atoms with Crippen LogP contribution in [0.15, 0.2) is 53.4 Å². The summed E-state index contributed by atoms with van der Waals surface area (Å²) in [6, 6.07) is 11.9. The van der Waals surface area contributed by atoms with Gasteiger partial charge in [-0.3, -0.25) is 9.59 Å². The van der Waals surface area contributed by atoms with Crippen molar-refractivity contribution in [3.63, 3.8) is 0 Å². The number of amides is 2. The normalized spacial score (nSPS) is 10.8. The topological polar surface area (TPSA) is 102 Å². The number of rotatable bonds is 6. The number of carbonyl (C=O) groups is 2. The lowest BCUT2D eigenvalue weighted by Gasteiger charge is -2.09. The summed E-state index contributed by atoms with van der Waals surface area (Å²) in [4.78, 5) is 22.6. The Morgan fingerprint density at radius 1 is 1.04 bits per heavy atom. The highest BCUT2D eigenvalue weighted by Crippen LogP contribution is 2.16. The zero-order chi connectivity index (χ0) is 18.4. The van der Waals surface area contributed by atoms with Crippen molar-refractivity contribution in [2.75, 3.05) is 11.9 Å². The van der Waals surface area contributed by atoms with Crippen molar-refractivity contribution in [3.8, 4) is 5.75 Å². The van der Waals surface area contributed by atoms with Crippen LogP contribution in [-0.2, 0) is 19.6 Å². The molecule has 132 valence electrons. The molecule has 2 aromatic rings. The minimum Gasteiger partial charge on any atom is -0.484 e. The molecule has 2 aromatic carbocycles. The van der Waals surface area contributed by atoms with Crippen molar-refractivity contribution in [1.29, 1.82) is 0 Å². The second-order valence-electron chi connectivity index (χ2n) is 4.98. The molecule has 2 rings (SSSR count). The van der Waals surface area contributed by atoms with E-state index in [1.807, 2.05) is 4.72 Å². The lowest BCUT2D eigenvalue weighted by atomic mass is 10.3. The van der Waals surface area contributed by atoms with Crippen molar-refractivity contribution < 1.29 is 22.7 Å². The predicted octanol–water partition coefficient (Wildman–Crippen LogP) is 2.18. The predicted molar refractivity (Wildman–Crippen MR) is 93.0 cm³/mol. The first-order valence-corrected chi connectivity index (χ1v) is 8.94. The highest BCUT2D eigenvalue weighted by Gasteiger charge is 2.15. The van der Waals surface area contributed by atoms with Crippen LogP contribution in [-0.4, -0.2) is 26.8 Å². The average molecular weight is 383 g/mol. The van der Waals surface area contributed by atoms with Crippen molar-refractivity contribution in [2.24, 2.45) is 0 Å². The smallest absolute Gasteiger partial charge is 0.264 e. The second-order valence-corrected chi connectivity index (χ2v) is 7.10. The zero-order valence-corrected chi connectivity index (χ0v) is 14.7. The van der Waals surface area contributed by atoms with Gasteiger partial charge in [0.15, 0.2) is 6.61 Å².